The van der Waals surface area contributed by atoms with E-state index in [1.807, 2.05) is 13.0 Å². The molecule has 0 radical (unpaired) electrons. The second-order valence-corrected chi connectivity index (χ2v) is 8.93. The van der Waals surface area contributed by atoms with Crippen molar-refractivity contribution in [2.75, 3.05) is 0 Å². The lowest BCUT2D eigenvalue weighted by Crippen LogP contribution is -2.22. The van der Waals surface area contributed by atoms with Crippen LogP contribution in [0.4, 0.5) is 10.1 Å². The second-order valence-electron chi connectivity index (χ2n) is 8.02. The number of hydrogen-bond acceptors (Lipinski definition) is 6. The average molecular weight is 553 g/mol. The van der Waals surface area contributed by atoms with Crippen molar-refractivity contribution in [1.82, 2.24) is 9.66 Å². The fraction of sp³-hybridized carbons (Fsp3) is 0.192. The minimum atomic E-state index is -0.581. The van der Waals surface area contributed by atoms with Gasteiger partial charge in [0.2, 0.25) is 0 Å². The third-order valence-electron chi connectivity index (χ3n) is 5.47. The Morgan fingerprint density at radius 1 is 1.19 bits per heavy atom. The van der Waals surface area contributed by atoms with Crippen LogP contribution in [0.3, 0.4) is 0 Å². The number of nitrogens with zero attached hydrogens (tertiary/aromatic N) is 4. The summed E-state index contributed by atoms with van der Waals surface area (Å²) in [6.45, 7) is 1.88. The zero-order valence-corrected chi connectivity index (χ0v) is 20.9. The molecule has 0 unspecified atom stereocenters. The maximum Gasteiger partial charge on any atom is 0.311 e. The Kier molecular flexibility index (Phi) is 7.84. The molecule has 0 spiro atoms. The van der Waals surface area contributed by atoms with Crippen molar-refractivity contribution in [2.24, 2.45) is 5.10 Å². The highest BCUT2D eigenvalue weighted by Gasteiger charge is 2.17. The molecular weight excluding hydrogens is 531 g/mol. The lowest BCUT2D eigenvalue weighted by Gasteiger charge is -2.10. The highest BCUT2D eigenvalue weighted by Crippen LogP contribution is 2.28. The quantitative estimate of drug-likeness (QED) is 0.144. The molecule has 1 heterocycles. The van der Waals surface area contributed by atoms with E-state index in [1.54, 1.807) is 36.4 Å². The van der Waals surface area contributed by atoms with Gasteiger partial charge in [-0.15, -0.1) is 0 Å². The molecule has 8 nitrogen and oxygen atoms in total. The van der Waals surface area contributed by atoms with Gasteiger partial charge in [0, 0.05) is 28.1 Å². The largest absolute Gasteiger partial charge is 0.482 e. The van der Waals surface area contributed by atoms with Crippen molar-refractivity contribution in [3.63, 3.8) is 0 Å². The minimum Gasteiger partial charge on any atom is -0.482 e. The van der Waals surface area contributed by atoms with Crippen LogP contribution >= 0.6 is 15.9 Å². The fourth-order valence-electron chi connectivity index (χ4n) is 3.59. The van der Waals surface area contributed by atoms with Gasteiger partial charge >= 0.3 is 5.69 Å². The van der Waals surface area contributed by atoms with E-state index in [-0.39, 0.29) is 29.2 Å². The molecule has 3 aromatic carbocycles. The number of nitro groups is 1. The van der Waals surface area contributed by atoms with Crippen LogP contribution in [0.2, 0.25) is 0 Å². The maximum atomic E-state index is 13.9. The van der Waals surface area contributed by atoms with Crippen molar-refractivity contribution < 1.29 is 14.1 Å². The number of aryl methyl sites for hydroxylation is 1. The molecule has 0 fully saturated rings. The Balaban J connectivity index is 1.67. The Labute approximate surface area is 214 Å². The Morgan fingerprint density at radius 3 is 2.75 bits per heavy atom. The van der Waals surface area contributed by atoms with E-state index >= 15 is 0 Å². The van der Waals surface area contributed by atoms with Gasteiger partial charge in [0.25, 0.3) is 5.56 Å². The minimum absolute atomic E-state index is 0.00146. The average Bonchev–Trinajstić information content (AvgIpc) is 2.87. The van der Waals surface area contributed by atoms with Gasteiger partial charge in [-0.2, -0.15) is 9.78 Å². The number of aromatic nitrogens is 2. The van der Waals surface area contributed by atoms with Crippen LogP contribution < -0.4 is 10.3 Å². The van der Waals surface area contributed by atoms with E-state index in [0.29, 0.717) is 28.7 Å². The first-order chi connectivity index (χ1) is 17.4. The number of benzene rings is 3. The monoisotopic (exact) mass is 552 g/mol. The molecule has 184 valence electrons. The molecule has 0 saturated carbocycles. The number of nitro benzene ring substituents is 1. The standard InChI is InChI=1S/C26H22BrFN4O4/c1-2-3-8-25-30-22-11-10-19(27)14-20(22)26(33)31(25)29-15-17-9-12-24(23(13-17)32(34)35)36-16-18-6-4-5-7-21(18)28/h4-7,9-15H,2-3,8,16H2,1H3. The van der Waals surface area contributed by atoms with Crippen LogP contribution in [-0.4, -0.2) is 20.8 Å². The van der Waals surface area contributed by atoms with Gasteiger partial charge in [0.05, 0.1) is 22.0 Å². The van der Waals surface area contributed by atoms with Crippen molar-refractivity contribution in [2.45, 2.75) is 32.8 Å². The molecule has 0 aliphatic rings. The van der Waals surface area contributed by atoms with E-state index in [2.05, 4.69) is 26.0 Å². The molecule has 4 aromatic rings. The number of ether oxygens (including phenoxy) is 1. The smallest absolute Gasteiger partial charge is 0.311 e. The molecule has 0 bridgehead atoms. The van der Waals surface area contributed by atoms with Crippen molar-refractivity contribution in [3.8, 4) is 5.75 Å². The van der Waals surface area contributed by atoms with Crippen molar-refractivity contribution >= 4 is 38.7 Å². The van der Waals surface area contributed by atoms with Gasteiger partial charge in [-0.3, -0.25) is 14.9 Å². The van der Waals surface area contributed by atoms with E-state index in [0.717, 1.165) is 17.3 Å². The van der Waals surface area contributed by atoms with Crippen LogP contribution in [0.15, 0.2) is 75.0 Å². The Hall–Kier alpha value is -3.92. The molecule has 0 saturated heterocycles. The molecule has 10 heteroatoms. The van der Waals surface area contributed by atoms with Gasteiger partial charge in [-0.05, 0) is 42.8 Å². The molecule has 1 aromatic heterocycles. The summed E-state index contributed by atoms with van der Waals surface area (Å²) in [5.74, 6) is 0.0509. The highest BCUT2D eigenvalue weighted by atomic mass is 79.9. The van der Waals surface area contributed by atoms with E-state index in [4.69, 9.17) is 4.74 Å². The van der Waals surface area contributed by atoms with Crippen LogP contribution in [0, 0.1) is 15.9 Å². The molecule has 0 N–H and O–H groups in total. The van der Waals surface area contributed by atoms with E-state index in [1.165, 1.54) is 29.1 Å². The summed E-state index contributed by atoms with van der Waals surface area (Å²) in [5, 5.41) is 16.4. The number of rotatable bonds is 9. The number of halogens is 2. The van der Waals surface area contributed by atoms with Gasteiger partial charge < -0.3 is 4.74 Å². The molecule has 0 aliphatic heterocycles. The van der Waals surface area contributed by atoms with Gasteiger partial charge in [-0.25, -0.2) is 9.37 Å². The second kappa shape index (κ2) is 11.2. The summed E-state index contributed by atoms with van der Waals surface area (Å²) in [6.07, 6.45) is 3.66. The number of fused-ring (bicyclic) bond motifs is 1. The van der Waals surface area contributed by atoms with Gasteiger partial charge in [0.1, 0.15) is 18.2 Å². The highest BCUT2D eigenvalue weighted by molar-refractivity contribution is 9.10. The number of hydrogen-bond donors (Lipinski definition) is 0. The zero-order chi connectivity index (χ0) is 25.7. The zero-order valence-electron chi connectivity index (χ0n) is 19.4. The SMILES string of the molecule is CCCCc1nc2ccc(Br)cc2c(=O)n1N=Cc1ccc(OCc2ccccc2F)c([N+](=O)[O-])c1. The molecule has 0 amide bonds. The molecule has 4 rings (SSSR count). The first kappa shape index (κ1) is 25.2. The van der Waals surface area contributed by atoms with Gasteiger partial charge in [-0.1, -0.05) is 47.5 Å². The lowest BCUT2D eigenvalue weighted by molar-refractivity contribution is -0.386. The predicted molar refractivity (Wildman–Crippen MR) is 139 cm³/mol. The molecule has 36 heavy (non-hydrogen) atoms. The Morgan fingerprint density at radius 2 is 2.00 bits per heavy atom. The first-order valence-corrected chi connectivity index (χ1v) is 12.1. The summed E-state index contributed by atoms with van der Waals surface area (Å²) in [5.41, 5.74) is 0.625. The van der Waals surface area contributed by atoms with Crippen LogP contribution in [0.25, 0.3) is 10.9 Å². The topological polar surface area (TPSA) is 99.6 Å². The summed E-state index contributed by atoms with van der Waals surface area (Å²) < 4.78 is 21.4. The van der Waals surface area contributed by atoms with Crippen molar-refractivity contribution in [3.05, 3.63) is 108 Å². The van der Waals surface area contributed by atoms with Crippen LogP contribution in [0.1, 0.15) is 36.7 Å². The maximum absolute atomic E-state index is 13.9. The molecule has 0 atom stereocenters. The molecular formula is C26H22BrFN4O4. The third kappa shape index (κ3) is 5.65. The van der Waals surface area contributed by atoms with Crippen LogP contribution in [-0.2, 0) is 13.0 Å². The van der Waals surface area contributed by atoms with E-state index < -0.39 is 10.7 Å². The Bertz CT molecular complexity index is 1520. The predicted octanol–water partition coefficient (Wildman–Crippen LogP) is 6.01. The van der Waals surface area contributed by atoms with Crippen molar-refractivity contribution in [1.29, 1.82) is 0 Å². The summed E-state index contributed by atoms with van der Waals surface area (Å²) >= 11 is 3.38. The normalized spacial score (nSPS) is 11.3. The number of unbranched alkanes of at least 4 members (excludes halogenated alkanes) is 1. The first-order valence-electron chi connectivity index (χ1n) is 11.3. The summed E-state index contributed by atoms with van der Waals surface area (Å²) in [7, 11) is 0. The lowest BCUT2D eigenvalue weighted by atomic mass is 10.2. The van der Waals surface area contributed by atoms with E-state index in [9.17, 15) is 19.3 Å². The third-order valence-corrected chi connectivity index (χ3v) is 5.97. The van der Waals surface area contributed by atoms with Crippen LogP contribution in [0.5, 0.6) is 5.75 Å². The van der Waals surface area contributed by atoms with Gasteiger partial charge in [0.15, 0.2) is 5.75 Å². The summed E-state index contributed by atoms with van der Waals surface area (Å²) in [4.78, 5) is 28.9. The summed E-state index contributed by atoms with van der Waals surface area (Å²) in [6, 6.07) is 15.6. The molecule has 0 aliphatic carbocycles. The fourth-order valence-corrected chi connectivity index (χ4v) is 3.95.